The lowest BCUT2D eigenvalue weighted by atomic mass is 9.84. The maximum atomic E-state index is 12.6. The van der Waals surface area contributed by atoms with Crippen LogP contribution in [0, 0.1) is 0 Å². The number of hydrogen-bond donors (Lipinski definition) is 2. The highest BCUT2D eigenvalue weighted by Crippen LogP contribution is 2.34. The number of carbonyl (C=O) groups is 2. The van der Waals surface area contributed by atoms with Crippen LogP contribution in [0.3, 0.4) is 0 Å². The minimum atomic E-state index is -0.461. The molecule has 0 bridgehead atoms. The lowest BCUT2D eigenvalue weighted by Gasteiger charge is -2.22. The van der Waals surface area contributed by atoms with E-state index in [-0.39, 0.29) is 18.2 Å². The van der Waals surface area contributed by atoms with Crippen LogP contribution in [0.5, 0.6) is 0 Å². The first-order chi connectivity index (χ1) is 17.1. The van der Waals surface area contributed by atoms with Gasteiger partial charge >= 0.3 is 0 Å². The molecule has 1 saturated heterocycles. The monoisotopic (exact) mass is 489 g/mol. The van der Waals surface area contributed by atoms with Gasteiger partial charge in [0.1, 0.15) is 5.25 Å². The van der Waals surface area contributed by atoms with Crippen LogP contribution in [0.4, 0.5) is 11.4 Å². The van der Waals surface area contributed by atoms with E-state index >= 15 is 0 Å². The average Bonchev–Trinajstić information content (AvgIpc) is 3.24. The van der Waals surface area contributed by atoms with Gasteiger partial charge in [-0.05, 0) is 72.9 Å². The van der Waals surface area contributed by atoms with Gasteiger partial charge in [0.2, 0.25) is 11.8 Å². The number of hydrogen-bond acceptors (Lipinski definition) is 4. The molecular formula is C29H35N3O2S. The van der Waals surface area contributed by atoms with Gasteiger partial charge in [-0.25, -0.2) is 4.99 Å². The topological polar surface area (TPSA) is 70.6 Å². The summed E-state index contributed by atoms with van der Waals surface area (Å²) >= 11 is 1.33. The molecule has 0 aromatic heterocycles. The number of aliphatic imine (C=N–C) groups is 1. The van der Waals surface area contributed by atoms with Gasteiger partial charge in [-0.15, -0.1) is 0 Å². The fraction of sp³-hybridized carbons (Fsp3) is 0.483. The SMILES string of the molecule is O=C(CC1SC(=Nc2ccc(C3CCCCC3)cc2)NC1=O)Nc1ccc(C2CCCCC2)cc1. The number of anilines is 1. The van der Waals surface area contributed by atoms with Gasteiger partial charge in [0.15, 0.2) is 5.17 Å². The van der Waals surface area contributed by atoms with Crippen LogP contribution in [0.15, 0.2) is 53.5 Å². The van der Waals surface area contributed by atoms with Crippen LogP contribution in [-0.2, 0) is 9.59 Å². The van der Waals surface area contributed by atoms with E-state index in [4.69, 9.17) is 0 Å². The Morgan fingerprint density at radius 3 is 1.94 bits per heavy atom. The number of amides is 2. The molecule has 2 aliphatic carbocycles. The van der Waals surface area contributed by atoms with Gasteiger partial charge in [0, 0.05) is 12.1 Å². The first-order valence-corrected chi connectivity index (χ1v) is 14.1. The third-order valence-corrected chi connectivity index (χ3v) is 8.70. The normalized spacial score (nSPS) is 22.8. The van der Waals surface area contributed by atoms with Gasteiger partial charge in [-0.2, -0.15) is 0 Å². The molecule has 2 aromatic carbocycles. The van der Waals surface area contributed by atoms with Crippen molar-refractivity contribution in [1.82, 2.24) is 5.32 Å². The number of nitrogens with zero attached hydrogens (tertiary/aromatic N) is 1. The summed E-state index contributed by atoms with van der Waals surface area (Å²) in [4.78, 5) is 29.7. The molecule has 2 N–H and O–H groups in total. The smallest absolute Gasteiger partial charge is 0.240 e. The summed E-state index contributed by atoms with van der Waals surface area (Å²) in [6.07, 6.45) is 13.1. The van der Waals surface area contributed by atoms with Crippen molar-refractivity contribution in [2.45, 2.75) is 87.7 Å². The largest absolute Gasteiger partial charge is 0.326 e. The Morgan fingerprint density at radius 2 is 1.37 bits per heavy atom. The second-order valence-electron chi connectivity index (χ2n) is 10.1. The molecule has 6 heteroatoms. The molecule has 3 fully saturated rings. The summed E-state index contributed by atoms with van der Waals surface area (Å²) in [5, 5.41) is 5.89. The first kappa shape index (κ1) is 24.1. The van der Waals surface area contributed by atoms with Gasteiger partial charge < -0.3 is 10.6 Å². The second kappa shape index (κ2) is 11.4. The molecule has 1 heterocycles. The van der Waals surface area contributed by atoms with Crippen molar-refractivity contribution in [3.8, 4) is 0 Å². The fourth-order valence-electron chi connectivity index (χ4n) is 5.62. The summed E-state index contributed by atoms with van der Waals surface area (Å²) in [5.74, 6) is 1.00. The third kappa shape index (κ3) is 6.35. The standard InChI is InChI=1S/C29H35N3O2S/c33-27(30-24-15-11-22(12-16-24)20-7-3-1-4-8-20)19-26-28(34)32-29(35-26)31-25-17-13-23(14-18-25)21-9-5-2-6-10-21/h11-18,20-21,26H,1-10,19H2,(H,30,33)(H,31,32,34). The van der Waals surface area contributed by atoms with Crippen molar-refractivity contribution in [1.29, 1.82) is 0 Å². The number of amidine groups is 1. The van der Waals surface area contributed by atoms with Crippen LogP contribution >= 0.6 is 11.8 Å². The van der Waals surface area contributed by atoms with Gasteiger partial charge in [0.25, 0.3) is 0 Å². The molecule has 0 radical (unpaired) electrons. The van der Waals surface area contributed by atoms with E-state index in [9.17, 15) is 9.59 Å². The van der Waals surface area contributed by atoms with Crippen LogP contribution in [-0.4, -0.2) is 22.2 Å². The van der Waals surface area contributed by atoms with Crippen molar-refractivity contribution in [2.75, 3.05) is 5.32 Å². The first-order valence-electron chi connectivity index (χ1n) is 13.2. The zero-order valence-electron chi connectivity index (χ0n) is 20.3. The summed E-state index contributed by atoms with van der Waals surface area (Å²) in [5.41, 5.74) is 4.36. The highest BCUT2D eigenvalue weighted by atomic mass is 32.2. The highest BCUT2D eigenvalue weighted by molar-refractivity contribution is 8.15. The number of nitrogens with one attached hydrogen (secondary N) is 2. The second-order valence-corrected chi connectivity index (χ2v) is 11.3. The van der Waals surface area contributed by atoms with E-state index in [1.54, 1.807) is 0 Å². The Kier molecular flexibility index (Phi) is 7.87. The molecule has 5 nitrogen and oxygen atoms in total. The van der Waals surface area contributed by atoms with E-state index in [2.05, 4.69) is 39.9 Å². The molecule has 0 spiro atoms. The predicted molar refractivity (Wildman–Crippen MR) is 144 cm³/mol. The Hall–Kier alpha value is -2.60. The number of thioether (sulfide) groups is 1. The van der Waals surface area contributed by atoms with E-state index in [1.165, 1.54) is 87.1 Å². The summed E-state index contributed by atoms with van der Waals surface area (Å²) < 4.78 is 0. The van der Waals surface area contributed by atoms with Crippen molar-refractivity contribution < 1.29 is 9.59 Å². The Balaban J connectivity index is 1.13. The summed E-state index contributed by atoms with van der Waals surface area (Å²) in [6, 6.07) is 16.6. The van der Waals surface area contributed by atoms with E-state index in [0.29, 0.717) is 17.0 Å². The van der Waals surface area contributed by atoms with Crippen molar-refractivity contribution >= 4 is 40.1 Å². The molecule has 3 aliphatic rings. The number of carbonyl (C=O) groups excluding carboxylic acids is 2. The molecule has 2 amide bonds. The molecule has 5 rings (SSSR count). The molecule has 1 atom stereocenters. The van der Waals surface area contributed by atoms with Gasteiger partial charge in [-0.1, -0.05) is 74.6 Å². The summed E-state index contributed by atoms with van der Waals surface area (Å²) in [6.45, 7) is 0. The van der Waals surface area contributed by atoms with Crippen molar-refractivity contribution in [2.24, 2.45) is 4.99 Å². The van der Waals surface area contributed by atoms with Crippen LogP contribution in [0.2, 0.25) is 0 Å². The average molecular weight is 490 g/mol. The summed E-state index contributed by atoms with van der Waals surface area (Å²) in [7, 11) is 0. The third-order valence-electron chi connectivity index (χ3n) is 7.62. The Bertz CT molecular complexity index is 1050. The van der Waals surface area contributed by atoms with Crippen molar-refractivity contribution in [3.05, 3.63) is 59.7 Å². The highest BCUT2D eigenvalue weighted by Gasteiger charge is 2.32. The van der Waals surface area contributed by atoms with Crippen LogP contribution in [0.25, 0.3) is 0 Å². The minimum Gasteiger partial charge on any atom is -0.326 e. The quantitative estimate of drug-likeness (QED) is 0.458. The minimum absolute atomic E-state index is 0.126. The molecule has 1 unspecified atom stereocenters. The van der Waals surface area contributed by atoms with Crippen molar-refractivity contribution in [3.63, 3.8) is 0 Å². The molecule has 35 heavy (non-hydrogen) atoms. The van der Waals surface area contributed by atoms with Gasteiger partial charge in [-0.3, -0.25) is 9.59 Å². The molecular weight excluding hydrogens is 454 g/mol. The fourth-order valence-corrected chi connectivity index (χ4v) is 6.61. The van der Waals surface area contributed by atoms with Gasteiger partial charge in [0.05, 0.1) is 5.69 Å². The van der Waals surface area contributed by atoms with Crippen LogP contribution in [0.1, 0.15) is 93.6 Å². The maximum absolute atomic E-state index is 12.6. The molecule has 2 aromatic rings. The number of benzene rings is 2. The zero-order valence-corrected chi connectivity index (χ0v) is 21.1. The Morgan fingerprint density at radius 1 is 0.829 bits per heavy atom. The lowest BCUT2D eigenvalue weighted by Crippen LogP contribution is -2.28. The predicted octanol–water partition coefficient (Wildman–Crippen LogP) is 7.03. The molecule has 2 saturated carbocycles. The van der Waals surface area contributed by atoms with E-state index in [1.807, 2.05) is 24.3 Å². The number of rotatable bonds is 6. The van der Waals surface area contributed by atoms with E-state index < -0.39 is 5.25 Å². The van der Waals surface area contributed by atoms with Crippen LogP contribution < -0.4 is 10.6 Å². The molecule has 184 valence electrons. The Labute approximate surface area is 212 Å². The molecule has 1 aliphatic heterocycles. The zero-order chi connectivity index (χ0) is 24.0. The lowest BCUT2D eigenvalue weighted by molar-refractivity contribution is -0.122. The maximum Gasteiger partial charge on any atom is 0.240 e. The van der Waals surface area contributed by atoms with E-state index in [0.717, 1.165) is 11.4 Å².